The van der Waals surface area contributed by atoms with Gasteiger partial charge >= 0.3 is 0 Å². The van der Waals surface area contributed by atoms with E-state index in [-0.39, 0.29) is 0 Å². The fraction of sp³-hybridized carbons (Fsp3) is 0.421. The lowest BCUT2D eigenvalue weighted by atomic mass is 10.0. The van der Waals surface area contributed by atoms with Gasteiger partial charge in [0.25, 0.3) is 0 Å². The van der Waals surface area contributed by atoms with E-state index in [4.69, 9.17) is 9.47 Å². The molecule has 4 heteroatoms. The molecule has 122 valence electrons. The number of nitrogens with one attached hydrogen (secondary N) is 1. The predicted octanol–water partition coefficient (Wildman–Crippen LogP) is 3.01. The van der Waals surface area contributed by atoms with Gasteiger partial charge in [-0.25, -0.2) is 0 Å². The van der Waals surface area contributed by atoms with Crippen molar-refractivity contribution in [1.29, 1.82) is 0 Å². The fourth-order valence-corrected chi connectivity index (χ4v) is 2.96. The van der Waals surface area contributed by atoms with Crippen LogP contribution in [0.2, 0.25) is 0 Å². The predicted molar refractivity (Wildman–Crippen MR) is 91.2 cm³/mol. The van der Waals surface area contributed by atoms with Gasteiger partial charge in [-0.3, -0.25) is 4.98 Å². The van der Waals surface area contributed by atoms with E-state index < -0.39 is 0 Å². The minimum atomic E-state index is 0.479. The minimum Gasteiger partial charge on any atom is -0.496 e. The molecule has 23 heavy (non-hydrogen) atoms. The molecule has 0 unspecified atom stereocenters. The summed E-state index contributed by atoms with van der Waals surface area (Å²) in [6.07, 6.45) is 8.00. The molecular weight excluding hydrogens is 288 g/mol. The zero-order valence-corrected chi connectivity index (χ0v) is 13.6. The Kier molecular flexibility index (Phi) is 5.48. The van der Waals surface area contributed by atoms with Crippen LogP contribution in [0.1, 0.15) is 24.0 Å². The molecule has 0 amide bonds. The normalized spacial score (nSPS) is 17.2. The van der Waals surface area contributed by atoms with Gasteiger partial charge in [0.1, 0.15) is 18.1 Å². The average Bonchev–Trinajstić information content (AvgIpc) is 3.12. The molecule has 4 nitrogen and oxygen atoms in total. The molecule has 1 fully saturated rings. The monoisotopic (exact) mass is 312 g/mol. The molecule has 1 N–H and O–H groups in total. The maximum atomic E-state index is 5.88. The van der Waals surface area contributed by atoms with Gasteiger partial charge in [0.15, 0.2) is 0 Å². The Labute approximate surface area is 137 Å². The SMILES string of the molecule is COc1ccccc1CCc1cncc(OC[C@@H]2CCCN2)c1. The van der Waals surface area contributed by atoms with Crippen LogP contribution in [0.4, 0.5) is 0 Å². The first kappa shape index (κ1) is 15.8. The second-order valence-corrected chi connectivity index (χ2v) is 5.95. The number of para-hydroxylation sites is 1. The first-order chi connectivity index (χ1) is 11.3. The van der Waals surface area contributed by atoms with Crippen LogP contribution in [-0.4, -0.2) is 31.3 Å². The highest BCUT2D eigenvalue weighted by Gasteiger charge is 2.14. The first-order valence-electron chi connectivity index (χ1n) is 8.27. The highest BCUT2D eigenvalue weighted by Crippen LogP contribution is 2.20. The molecule has 1 aromatic heterocycles. The van der Waals surface area contributed by atoms with E-state index in [1.165, 1.54) is 24.0 Å². The van der Waals surface area contributed by atoms with Crippen molar-refractivity contribution in [3.8, 4) is 11.5 Å². The number of benzene rings is 1. The van der Waals surface area contributed by atoms with Crippen molar-refractivity contribution in [2.45, 2.75) is 31.7 Å². The zero-order chi connectivity index (χ0) is 15.9. The summed E-state index contributed by atoms with van der Waals surface area (Å²) in [6.45, 7) is 1.82. The van der Waals surface area contributed by atoms with Gasteiger partial charge < -0.3 is 14.8 Å². The molecule has 1 aliphatic rings. The van der Waals surface area contributed by atoms with Crippen LogP contribution in [-0.2, 0) is 12.8 Å². The van der Waals surface area contributed by atoms with Crippen LogP contribution >= 0.6 is 0 Å². The van der Waals surface area contributed by atoms with Crippen molar-refractivity contribution in [3.63, 3.8) is 0 Å². The van der Waals surface area contributed by atoms with Crippen LogP contribution in [0.15, 0.2) is 42.7 Å². The van der Waals surface area contributed by atoms with Gasteiger partial charge in [0, 0.05) is 12.2 Å². The van der Waals surface area contributed by atoms with E-state index in [0.717, 1.165) is 37.5 Å². The number of hydrogen-bond acceptors (Lipinski definition) is 4. The molecule has 0 bridgehead atoms. The second kappa shape index (κ2) is 7.97. The molecule has 0 radical (unpaired) electrons. The maximum Gasteiger partial charge on any atom is 0.137 e. The summed E-state index contributed by atoms with van der Waals surface area (Å²) in [5.41, 5.74) is 2.41. The summed E-state index contributed by atoms with van der Waals surface area (Å²) >= 11 is 0. The van der Waals surface area contributed by atoms with Gasteiger partial charge in [-0.15, -0.1) is 0 Å². The summed E-state index contributed by atoms with van der Waals surface area (Å²) in [5.74, 6) is 1.80. The molecule has 2 aromatic rings. The smallest absolute Gasteiger partial charge is 0.137 e. The standard InChI is InChI=1S/C19H24N2O2/c1-22-19-7-3-2-5-16(19)9-8-15-11-18(13-20-12-15)23-14-17-6-4-10-21-17/h2-3,5,7,11-13,17,21H,4,6,8-10,14H2,1H3/t17-/m0/s1. The second-order valence-electron chi connectivity index (χ2n) is 5.95. The van der Waals surface area contributed by atoms with E-state index in [1.54, 1.807) is 13.3 Å². The Morgan fingerprint density at radius 2 is 2.13 bits per heavy atom. The molecule has 0 aliphatic carbocycles. The largest absolute Gasteiger partial charge is 0.496 e. The highest BCUT2D eigenvalue weighted by atomic mass is 16.5. The lowest BCUT2D eigenvalue weighted by Gasteiger charge is -2.12. The number of methoxy groups -OCH3 is 1. The lowest BCUT2D eigenvalue weighted by molar-refractivity contribution is 0.276. The van der Waals surface area contributed by atoms with Crippen LogP contribution in [0, 0.1) is 0 Å². The molecule has 1 saturated heterocycles. The summed E-state index contributed by atoms with van der Waals surface area (Å²) in [5, 5.41) is 3.44. The summed E-state index contributed by atoms with van der Waals surface area (Å²) < 4.78 is 11.3. The van der Waals surface area contributed by atoms with Crippen molar-refractivity contribution < 1.29 is 9.47 Å². The third-order valence-corrected chi connectivity index (χ3v) is 4.26. The Bertz CT molecular complexity index is 624. The number of rotatable bonds is 7. The first-order valence-corrected chi connectivity index (χ1v) is 8.27. The lowest BCUT2D eigenvalue weighted by Crippen LogP contribution is -2.28. The molecular formula is C19H24N2O2. The number of ether oxygens (including phenoxy) is 2. The van der Waals surface area contributed by atoms with E-state index in [1.807, 2.05) is 24.4 Å². The minimum absolute atomic E-state index is 0.479. The third kappa shape index (κ3) is 4.45. The van der Waals surface area contributed by atoms with Gasteiger partial charge in [-0.05, 0) is 55.5 Å². The number of hydrogen-bond donors (Lipinski definition) is 1. The topological polar surface area (TPSA) is 43.4 Å². The van der Waals surface area contributed by atoms with Crippen LogP contribution in [0.3, 0.4) is 0 Å². The summed E-state index contributed by atoms with van der Waals surface area (Å²) in [4.78, 5) is 4.31. The Balaban J connectivity index is 1.56. The number of aryl methyl sites for hydroxylation is 2. The van der Waals surface area contributed by atoms with Gasteiger partial charge in [-0.2, -0.15) is 0 Å². The Hall–Kier alpha value is -2.07. The Morgan fingerprint density at radius 3 is 2.96 bits per heavy atom. The van der Waals surface area contributed by atoms with E-state index in [2.05, 4.69) is 22.4 Å². The molecule has 2 heterocycles. The van der Waals surface area contributed by atoms with Crippen molar-refractivity contribution in [1.82, 2.24) is 10.3 Å². The van der Waals surface area contributed by atoms with Crippen LogP contribution < -0.4 is 14.8 Å². The van der Waals surface area contributed by atoms with Gasteiger partial charge in [0.2, 0.25) is 0 Å². The summed E-state index contributed by atoms with van der Waals surface area (Å²) in [7, 11) is 1.71. The van der Waals surface area contributed by atoms with Crippen molar-refractivity contribution in [3.05, 3.63) is 53.9 Å². The van der Waals surface area contributed by atoms with Crippen molar-refractivity contribution in [2.24, 2.45) is 0 Å². The highest BCUT2D eigenvalue weighted by molar-refractivity contribution is 5.34. The molecule has 3 rings (SSSR count). The average molecular weight is 312 g/mol. The third-order valence-electron chi connectivity index (χ3n) is 4.26. The molecule has 0 saturated carbocycles. The maximum absolute atomic E-state index is 5.88. The number of pyridine rings is 1. The van der Waals surface area contributed by atoms with E-state index >= 15 is 0 Å². The molecule has 1 atom stereocenters. The summed E-state index contributed by atoms with van der Waals surface area (Å²) in [6, 6.07) is 10.7. The number of aromatic nitrogens is 1. The molecule has 1 aliphatic heterocycles. The quantitative estimate of drug-likeness (QED) is 0.853. The van der Waals surface area contributed by atoms with Crippen molar-refractivity contribution >= 4 is 0 Å². The Morgan fingerprint density at radius 1 is 1.22 bits per heavy atom. The van der Waals surface area contributed by atoms with Crippen molar-refractivity contribution in [2.75, 3.05) is 20.3 Å². The van der Waals surface area contributed by atoms with Crippen LogP contribution in [0.25, 0.3) is 0 Å². The van der Waals surface area contributed by atoms with Crippen LogP contribution in [0.5, 0.6) is 11.5 Å². The van der Waals surface area contributed by atoms with Gasteiger partial charge in [-0.1, -0.05) is 18.2 Å². The van der Waals surface area contributed by atoms with Gasteiger partial charge in [0.05, 0.1) is 13.3 Å². The fourth-order valence-electron chi connectivity index (χ4n) is 2.96. The number of nitrogens with zero attached hydrogens (tertiary/aromatic N) is 1. The van der Waals surface area contributed by atoms with E-state index in [9.17, 15) is 0 Å². The zero-order valence-electron chi connectivity index (χ0n) is 13.6. The molecule has 0 spiro atoms. The molecule has 1 aromatic carbocycles. The van der Waals surface area contributed by atoms with E-state index in [0.29, 0.717) is 6.04 Å².